The number of aromatic carboxylic acids is 1. The highest BCUT2D eigenvalue weighted by molar-refractivity contribution is 5.87. The summed E-state index contributed by atoms with van der Waals surface area (Å²) >= 11 is 0. The molecule has 0 unspecified atom stereocenters. The number of carboxylic acids is 1. The van der Waals surface area contributed by atoms with Gasteiger partial charge in [-0.15, -0.1) is 0 Å². The molecule has 1 aromatic carbocycles. The van der Waals surface area contributed by atoms with Gasteiger partial charge in [-0.25, -0.2) is 4.79 Å². The van der Waals surface area contributed by atoms with Crippen LogP contribution in [-0.2, 0) is 6.54 Å². The molecule has 98 valence electrons. The fourth-order valence-electron chi connectivity index (χ4n) is 2.72. The molecule has 1 aromatic rings. The fraction of sp³-hybridized carbons (Fsp3) is 0.533. The molecule has 1 aliphatic rings. The third-order valence-electron chi connectivity index (χ3n) is 3.81. The highest BCUT2D eigenvalue weighted by Gasteiger charge is 2.20. The van der Waals surface area contributed by atoms with Crippen LogP contribution in [0, 0.1) is 0 Å². The van der Waals surface area contributed by atoms with E-state index in [0.717, 1.165) is 6.54 Å². The summed E-state index contributed by atoms with van der Waals surface area (Å²) in [7, 11) is 0. The fourth-order valence-corrected chi connectivity index (χ4v) is 2.72. The molecule has 3 heteroatoms. The van der Waals surface area contributed by atoms with Crippen LogP contribution in [0.1, 0.15) is 48.5 Å². The van der Waals surface area contributed by atoms with Gasteiger partial charge in [0, 0.05) is 12.6 Å². The standard InChI is InChI=1S/C15H21NO2/c1-2-14-5-3-4-10-16(14)11-12-6-8-13(9-7-12)15(17)18/h6-9,14H,2-5,10-11H2,1H3,(H,17,18)/t14-/m0/s1. The topological polar surface area (TPSA) is 40.5 Å². The van der Waals surface area contributed by atoms with Crippen molar-refractivity contribution in [3.8, 4) is 0 Å². The summed E-state index contributed by atoms with van der Waals surface area (Å²) in [5.41, 5.74) is 1.57. The third-order valence-corrected chi connectivity index (χ3v) is 3.81. The Labute approximate surface area is 108 Å². The van der Waals surface area contributed by atoms with Crippen molar-refractivity contribution in [2.45, 2.75) is 45.2 Å². The minimum absolute atomic E-state index is 0.365. The van der Waals surface area contributed by atoms with E-state index in [1.165, 1.54) is 37.8 Å². The van der Waals surface area contributed by atoms with Gasteiger partial charge in [0.05, 0.1) is 5.56 Å². The maximum Gasteiger partial charge on any atom is 0.335 e. The Bertz CT molecular complexity index is 399. The van der Waals surface area contributed by atoms with E-state index >= 15 is 0 Å². The van der Waals surface area contributed by atoms with Gasteiger partial charge in [-0.1, -0.05) is 25.5 Å². The summed E-state index contributed by atoms with van der Waals surface area (Å²) in [5.74, 6) is -0.856. The molecule has 1 atom stereocenters. The molecule has 1 heterocycles. The molecule has 0 aliphatic carbocycles. The molecular formula is C15H21NO2. The van der Waals surface area contributed by atoms with E-state index in [4.69, 9.17) is 5.11 Å². The zero-order valence-corrected chi connectivity index (χ0v) is 10.9. The molecule has 0 bridgehead atoms. The number of carboxylic acid groups (broad SMARTS) is 1. The number of piperidine rings is 1. The van der Waals surface area contributed by atoms with Gasteiger partial charge >= 0.3 is 5.97 Å². The second kappa shape index (κ2) is 6.01. The quantitative estimate of drug-likeness (QED) is 0.888. The molecule has 2 rings (SSSR count). The van der Waals surface area contributed by atoms with E-state index in [9.17, 15) is 4.79 Å². The maximum atomic E-state index is 10.8. The lowest BCUT2D eigenvalue weighted by atomic mass is 9.99. The molecule has 0 radical (unpaired) electrons. The summed E-state index contributed by atoms with van der Waals surface area (Å²) in [6, 6.07) is 7.96. The van der Waals surface area contributed by atoms with Gasteiger partial charge in [0.15, 0.2) is 0 Å². The zero-order chi connectivity index (χ0) is 13.0. The molecule has 3 nitrogen and oxygen atoms in total. The molecule has 1 aliphatic heterocycles. The summed E-state index contributed by atoms with van der Waals surface area (Å²) in [6.07, 6.45) is 5.12. The van der Waals surface area contributed by atoms with Gasteiger partial charge < -0.3 is 5.11 Å². The monoisotopic (exact) mass is 247 g/mol. The maximum absolute atomic E-state index is 10.8. The Morgan fingerprint density at radius 2 is 2.06 bits per heavy atom. The van der Waals surface area contributed by atoms with Crippen molar-refractivity contribution >= 4 is 5.97 Å². The highest BCUT2D eigenvalue weighted by atomic mass is 16.4. The SMILES string of the molecule is CC[C@H]1CCCCN1Cc1ccc(C(=O)O)cc1. The van der Waals surface area contributed by atoms with E-state index in [1.54, 1.807) is 12.1 Å². The van der Waals surface area contributed by atoms with Crippen LogP contribution in [0.4, 0.5) is 0 Å². The largest absolute Gasteiger partial charge is 0.478 e. The number of likely N-dealkylation sites (tertiary alicyclic amines) is 1. The van der Waals surface area contributed by atoms with E-state index in [0.29, 0.717) is 11.6 Å². The second-order valence-corrected chi connectivity index (χ2v) is 5.03. The first-order valence-corrected chi connectivity index (χ1v) is 6.77. The molecule has 0 spiro atoms. The van der Waals surface area contributed by atoms with Crippen molar-refractivity contribution in [3.05, 3.63) is 35.4 Å². The predicted octanol–water partition coefficient (Wildman–Crippen LogP) is 3.15. The van der Waals surface area contributed by atoms with Gasteiger partial charge in [-0.3, -0.25) is 4.90 Å². The average molecular weight is 247 g/mol. The minimum atomic E-state index is -0.856. The van der Waals surface area contributed by atoms with Crippen molar-refractivity contribution in [2.75, 3.05) is 6.54 Å². The molecule has 0 amide bonds. The Morgan fingerprint density at radius 1 is 1.33 bits per heavy atom. The molecule has 0 aromatic heterocycles. The highest BCUT2D eigenvalue weighted by Crippen LogP contribution is 2.21. The van der Waals surface area contributed by atoms with Crippen LogP contribution in [0.5, 0.6) is 0 Å². The number of benzene rings is 1. The van der Waals surface area contributed by atoms with Gasteiger partial charge in [-0.05, 0) is 43.5 Å². The molecule has 18 heavy (non-hydrogen) atoms. The second-order valence-electron chi connectivity index (χ2n) is 5.03. The van der Waals surface area contributed by atoms with Crippen molar-refractivity contribution < 1.29 is 9.90 Å². The molecule has 1 fully saturated rings. The molecule has 1 saturated heterocycles. The van der Waals surface area contributed by atoms with E-state index in [2.05, 4.69) is 11.8 Å². The van der Waals surface area contributed by atoms with Crippen LogP contribution in [-0.4, -0.2) is 28.6 Å². The minimum Gasteiger partial charge on any atom is -0.478 e. The predicted molar refractivity (Wildman–Crippen MR) is 71.7 cm³/mol. The van der Waals surface area contributed by atoms with Crippen molar-refractivity contribution in [2.24, 2.45) is 0 Å². The number of hydrogen-bond acceptors (Lipinski definition) is 2. The Balaban J connectivity index is 2.01. The van der Waals surface area contributed by atoms with Gasteiger partial charge in [0.2, 0.25) is 0 Å². The van der Waals surface area contributed by atoms with Crippen molar-refractivity contribution in [3.63, 3.8) is 0 Å². The summed E-state index contributed by atoms with van der Waals surface area (Å²) in [4.78, 5) is 13.3. The van der Waals surface area contributed by atoms with Crippen LogP contribution in [0.2, 0.25) is 0 Å². The number of nitrogens with zero attached hydrogens (tertiary/aromatic N) is 1. The van der Waals surface area contributed by atoms with Crippen LogP contribution >= 0.6 is 0 Å². The molecular weight excluding hydrogens is 226 g/mol. The van der Waals surface area contributed by atoms with Gasteiger partial charge in [-0.2, -0.15) is 0 Å². The molecule has 1 N–H and O–H groups in total. The van der Waals surface area contributed by atoms with Crippen LogP contribution in [0.15, 0.2) is 24.3 Å². The van der Waals surface area contributed by atoms with Crippen molar-refractivity contribution in [1.29, 1.82) is 0 Å². The Morgan fingerprint density at radius 3 is 2.67 bits per heavy atom. The van der Waals surface area contributed by atoms with E-state index in [1.807, 2.05) is 12.1 Å². The lowest BCUT2D eigenvalue weighted by Gasteiger charge is -2.35. The first kappa shape index (κ1) is 13.1. The van der Waals surface area contributed by atoms with Gasteiger partial charge in [0.1, 0.15) is 0 Å². The lowest BCUT2D eigenvalue weighted by molar-refractivity contribution is 0.0697. The summed E-state index contributed by atoms with van der Waals surface area (Å²) in [6.45, 7) is 4.36. The van der Waals surface area contributed by atoms with Crippen LogP contribution in [0.3, 0.4) is 0 Å². The summed E-state index contributed by atoms with van der Waals surface area (Å²) in [5, 5.41) is 8.87. The summed E-state index contributed by atoms with van der Waals surface area (Å²) < 4.78 is 0. The van der Waals surface area contributed by atoms with E-state index < -0.39 is 5.97 Å². The molecule has 0 saturated carbocycles. The average Bonchev–Trinajstić information content (AvgIpc) is 2.40. The van der Waals surface area contributed by atoms with Crippen LogP contribution < -0.4 is 0 Å². The Hall–Kier alpha value is -1.35. The Kier molecular flexibility index (Phi) is 4.37. The lowest BCUT2D eigenvalue weighted by Crippen LogP contribution is -2.38. The first-order valence-electron chi connectivity index (χ1n) is 6.77. The smallest absolute Gasteiger partial charge is 0.335 e. The third kappa shape index (κ3) is 3.10. The number of rotatable bonds is 4. The van der Waals surface area contributed by atoms with Crippen molar-refractivity contribution in [1.82, 2.24) is 4.90 Å². The normalized spacial score (nSPS) is 20.8. The van der Waals surface area contributed by atoms with Gasteiger partial charge in [0.25, 0.3) is 0 Å². The first-order chi connectivity index (χ1) is 8.70. The van der Waals surface area contributed by atoms with Crippen LogP contribution in [0.25, 0.3) is 0 Å². The number of hydrogen-bond donors (Lipinski definition) is 1. The zero-order valence-electron chi connectivity index (χ0n) is 10.9. The number of carbonyl (C=O) groups is 1. The van der Waals surface area contributed by atoms with E-state index in [-0.39, 0.29) is 0 Å².